The van der Waals surface area contributed by atoms with Gasteiger partial charge in [0.1, 0.15) is 5.84 Å². The third kappa shape index (κ3) is 5.19. The molecule has 0 unspecified atom stereocenters. The van der Waals surface area contributed by atoms with Crippen LogP contribution in [0.3, 0.4) is 0 Å². The first-order valence-corrected chi connectivity index (χ1v) is 12.5. The van der Waals surface area contributed by atoms with E-state index in [2.05, 4.69) is 0 Å². The molecule has 0 bridgehead atoms. The van der Waals surface area contributed by atoms with Crippen LogP contribution in [0.2, 0.25) is 0 Å². The van der Waals surface area contributed by atoms with Crippen molar-refractivity contribution in [2.24, 2.45) is 0 Å². The van der Waals surface area contributed by atoms with E-state index in [0.717, 1.165) is 6.26 Å². The second-order valence-electron chi connectivity index (χ2n) is 9.18. The fraction of sp³-hybridized carbons (Fsp3) is 0.417. The van der Waals surface area contributed by atoms with Crippen molar-refractivity contribution in [1.29, 1.82) is 5.41 Å². The molecule has 0 aliphatic carbocycles. The molecule has 35 heavy (non-hydrogen) atoms. The van der Waals surface area contributed by atoms with Crippen LogP contribution in [0.1, 0.15) is 47.8 Å². The van der Waals surface area contributed by atoms with Gasteiger partial charge in [0.15, 0.2) is 34.6 Å². The monoisotopic (exact) mass is 508 g/mol. The largest absolute Gasteiger partial charge is 0.493 e. The van der Waals surface area contributed by atoms with Gasteiger partial charge >= 0.3 is 10.1 Å². The Kier molecular flexibility index (Phi) is 7.03. The summed E-state index contributed by atoms with van der Waals surface area (Å²) in [4.78, 5) is 14.7. The van der Waals surface area contributed by atoms with E-state index in [1.54, 1.807) is 12.1 Å². The summed E-state index contributed by atoms with van der Waals surface area (Å²) in [5, 5.41) is 8.46. The van der Waals surface area contributed by atoms with Gasteiger partial charge in [-0.15, -0.1) is 0 Å². The third-order valence-electron chi connectivity index (χ3n) is 5.57. The molecule has 0 fully saturated rings. The topological polar surface area (TPSA) is 115 Å². The van der Waals surface area contributed by atoms with E-state index in [4.69, 9.17) is 23.8 Å². The Morgan fingerprint density at radius 1 is 1.06 bits per heavy atom. The van der Waals surface area contributed by atoms with Crippen molar-refractivity contribution in [3.05, 3.63) is 46.3 Å². The van der Waals surface area contributed by atoms with Crippen molar-refractivity contribution in [3.8, 4) is 23.0 Å². The van der Waals surface area contributed by atoms with Gasteiger partial charge in [0.2, 0.25) is 0 Å². The Hall–Kier alpha value is -3.34. The number of Topliss-reactive ketones (excluding diaryl/α,β-unsaturated/α-hetero) is 1. The Morgan fingerprint density at radius 3 is 2.20 bits per heavy atom. The fourth-order valence-electron chi connectivity index (χ4n) is 3.98. The minimum Gasteiger partial charge on any atom is -0.493 e. The maximum absolute atomic E-state index is 15.0. The van der Waals surface area contributed by atoms with Gasteiger partial charge in [-0.2, -0.15) is 8.42 Å². The first-order valence-electron chi connectivity index (χ1n) is 10.6. The van der Waals surface area contributed by atoms with Crippen molar-refractivity contribution >= 4 is 21.7 Å². The Morgan fingerprint density at radius 2 is 1.69 bits per heavy atom. The van der Waals surface area contributed by atoms with Gasteiger partial charge < -0.3 is 23.3 Å². The summed E-state index contributed by atoms with van der Waals surface area (Å²) in [5.41, 5.74) is 0.772. The summed E-state index contributed by atoms with van der Waals surface area (Å²) in [6.45, 7) is 5.54. The summed E-state index contributed by atoms with van der Waals surface area (Å²) >= 11 is 0. The molecule has 11 heteroatoms. The van der Waals surface area contributed by atoms with Crippen molar-refractivity contribution in [1.82, 2.24) is 4.90 Å². The summed E-state index contributed by atoms with van der Waals surface area (Å²) in [6.07, 6.45) is 0.900. The van der Waals surface area contributed by atoms with Crippen LogP contribution in [0, 0.1) is 11.2 Å². The van der Waals surface area contributed by atoms with Gasteiger partial charge in [0.25, 0.3) is 0 Å². The van der Waals surface area contributed by atoms with Crippen molar-refractivity contribution < 1.29 is 36.0 Å². The highest BCUT2D eigenvalue weighted by Crippen LogP contribution is 2.41. The zero-order chi connectivity index (χ0) is 26.3. The molecule has 1 aliphatic rings. The zero-order valence-corrected chi connectivity index (χ0v) is 21.6. The molecule has 0 saturated heterocycles. The average Bonchev–Trinajstić information content (AvgIpc) is 3.06. The lowest BCUT2D eigenvalue weighted by Crippen LogP contribution is -2.30. The number of nitrogens with one attached hydrogen (secondary N) is 1. The summed E-state index contributed by atoms with van der Waals surface area (Å²) in [5.74, 6) is -1.12. The molecule has 1 heterocycles. The molecule has 0 spiro atoms. The van der Waals surface area contributed by atoms with Crippen LogP contribution >= 0.6 is 0 Å². The number of halogens is 1. The number of carbonyl (C=O) groups excluding carboxylic acids is 1. The fourth-order valence-corrected chi connectivity index (χ4v) is 4.43. The lowest BCUT2D eigenvalue weighted by atomic mass is 9.84. The molecule has 190 valence electrons. The van der Waals surface area contributed by atoms with Crippen LogP contribution in [0.5, 0.6) is 23.0 Å². The number of nitrogens with zero attached hydrogens (tertiary/aromatic N) is 1. The number of ether oxygens (including phenoxy) is 3. The van der Waals surface area contributed by atoms with E-state index in [1.165, 1.54) is 32.3 Å². The van der Waals surface area contributed by atoms with Gasteiger partial charge in [-0.25, -0.2) is 4.39 Å². The van der Waals surface area contributed by atoms with Crippen molar-refractivity contribution in [3.63, 3.8) is 0 Å². The highest BCUT2D eigenvalue weighted by Gasteiger charge is 2.33. The van der Waals surface area contributed by atoms with Gasteiger partial charge in [0, 0.05) is 17.7 Å². The van der Waals surface area contributed by atoms with E-state index < -0.39 is 27.1 Å². The Labute approximate surface area is 204 Å². The number of benzene rings is 2. The molecule has 0 aromatic heterocycles. The van der Waals surface area contributed by atoms with Crippen LogP contribution in [0.4, 0.5) is 4.39 Å². The lowest BCUT2D eigenvalue weighted by molar-refractivity contribution is 0.0962. The van der Waals surface area contributed by atoms with E-state index in [9.17, 15) is 13.2 Å². The molecule has 2 aromatic rings. The molecule has 3 rings (SSSR count). The summed E-state index contributed by atoms with van der Waals surface area (Å²) in [7, 11) is 0.181. The first kappa shape index (κ1) is 26.3. The van der Waals surface area contributed by atoms with Gasteiger partial charge in [0.05, 0.1) is 39.7 Å². The third-order valence-corrected chi connectivity index (χ3v) is 6.05. The van der Waals surface area contributed by atoms with Crippen LogP contribution in [0.25, 0.3) is 0 Å². The molecule has 0 amide bonds. The predicted octanol–water partition coefficient (Wildman–Crippen LogP) is 3.51. The summed E-state index contributed by atoms with van der Waals surface area (Å²) < 4.78 is 59.5. The molecule has 1 aliphatic heterocycles. The molecule has 0 radical (unpaired) electrons. The highest BCUT2D eigenvalue weighted by atomic mass is 32.2. The standard InChI is InChI=1S/C24H29FN2O7S/c1-24(2,3)15-8-13(9-18(21(15)32-5)34-35(7,29)30)16(28)12-27-11-14-10-17(31-4)22(33-6)20(25)19(14)23(27)26/h8-10,26H,11-12H2,1-7H3. The second-order valence-corrected chi connectivity index (χ2v) is 10.8. The maximum atomic E-state index is 15.0. The molecule has 9 nitrogen and oxygen atoms in total. The van der Waals surface area contributed by atoms with Crippen LogP contribution in [-0.4, -0.2) is 59.1 Å². The number of hydrogen-bond donors (Lipinski definition) is 1. The maximum Gasteiger partial charge on any atom is 0.306 e. The molecule has 0 atom stereocenters. The smallest absolute Gasteiger partial charge is 0.306 e. The Bertz CT molecular complexity index is 1300. The van der Waals surface area contributed by atoms with Crippen molar-refractivity contribution in [2.45, 2.75) is 32.7 Å². The normalized spacial score (nSPS) is 13.5. The quantitative estimate of drug-likeness (QED) is 0.426. The van der Waals surface area contributed by atoms with Gasteiger partial charge in [-0.3, -0.25) is 10.2 Å². The predicted molar refractivity (Wildman–Crippen MR) is 128 cm³/mol. The minimum absolute atomic E-state index is 0.0432. The average molecular weight is 509 g/mol. The van der Waals surface area contributed by atoms with Gasteiger partial charge in [-0.1, -0.05) is 20.8 Å². The number of rotatable bonds is 8. The van der Waals surface area contributed by atoms with Crippen LogP contribution in [-0.2, 0) is 22.1 Å². The number of methoxy groups -OCH3 is 3. The van der Waals surface area contributed by atoms with E-state index in [-0.39, 0.29) is 53.1 Å². The number of carbonyl (C=O) groups is 1. The number of fused-ring (bicyclic) bond motifs is 1. The zero-order valence-electron chi connectivity index (χ0n) is 20.7. The van der Waals surface area contributed by atoms with Gasteiger partial charge in [-0.05, 0) is 29.2 Å². The SMILES string of the molecule is COc1cc2c(c(F)c1OC)C(=N)N(CC(=O)c1cc(OS(C)(=O)=O)c(OC)c(C(C)(C)C)c1)C2. The van der Waals surface area contributed by atoms with Crippen molar-refractivity contribution in [2.75, 3.05) is 34.1 Å². The molecule has 2 aromatic carbocycles. The number of hydrogen-bond acceptors (Lipinski definition) is 8. The molecular formula is C24H29FN2O7S. The highest BCUT2D eigenvalue weighted by molar-refractivity contribution is 7.86. The second kappa shape index (κ2) is 9.37. The van der Waals surface area contributed by atoms with E-state index >= 15 is 4.39 Å². The van der Waals surface area contributed by atoms with Crippen LogP contribution in [0.15, 0.2) is 18.2 Å². The van der Waals surface area contributed by atoms with Crippen LogP contribution < -0.4 is 18.4 Å². The summed E-state index contributed by atoms with van der Waals surface area (Å²) in [6, 6.07) is 4.51. The molecule has 1 N–H and O–H groups in total. The molecular weight excluding hydrogens is 479 g/mol. The van der Waals surface area contributed by atoms with E-state index in [0.29, 0.717) is 11.1 Å². The number of amidine groups is 1. The number of ketones is 1. The first-order chi connectivity index (χ1) is 16.2. The molecule has 0 saturated carbocycles. The van der Waals surface area contributed by atoms with E-state index in [1.807, 2.05) is 20.8 Å². The Balaban J connectivity index is 2.00. The lowest BCUT2D eigenvalue weighted by Gasteiger charge is -2.25. The minimum atomic E-state index is -3.90.